The molecule has 35 heavy (non-hydrogen) atoms. The molecule has 0 bridgehead atoms. The van der Waals surface area contributed by atoms with Gasteiger partial charge >= 0.3 is 0 Å². The number of halogens is 4. The minimum absolute atomic E-state index is 0.248. The summed E-state index contributed by atoms with van der Waals surface area (Å²) in [6, 6.07) is 27.9. The number of benzene rings is 4. The van der Waals surface area contributed by atoms with Crippen molar-refractivity contribution < 1.29 is 4.79 Å². The van der Waals surface area contributed by atoms with Crippen LogP contribution in [0.15, 0.2) is 102 Å². The van der Waals surface area contributed by atoms with Gasteiger partial charge in [-0.1, -0.05) is 82.8 Å². The molecule has 0 spiro atoms. The Morgan fingerprint density at radius 1 is 0.629 bits per heavy atom. The molecular formula is C28H20Cl4N2O. The Morgan fingerprint density at radius 2 is 1.06 bits per heavy atom. The summed E-state index contributed by atoms with van der Waals surface area (Å²) in [6.45, 7) is 0. The van der Waals surface area contributed by atoms with Crippen LogP contribution < -0.4 is 5.32 Å². The van der Waals surface area contributed by atoms with Gasteiger partial charge in [0, 0.05) is 31.9 Å². The van der Waals surface area contributed by atoms with E-state index in [0.717, 1.165) is 16.7 Å². The van der Waals surface area contributed by atoms with Gasteiger partial charge in [0.15, 0.2) is 0 Å². The first-order chi connectivity index (χ1) is 16.9. The summed E-state index contributed by atoms with van der Waals surface area (Å²) in [4.78, 5) is 18.1. The number of amides is 1. The lowest BCUT2D eigenvalue weighted by atomic mass is 9.93. The summed E-state index contributed by atoms with van der Waals surface area (Å²) < 4.78 is 0. The lowest BCUT2D eigenvalue weighted by Gasteiger charge is -2.26. The molecule has 176 valence electrons. The zero-order valence-electron chi connectivity index (χ0n) is 18.3. The highest BCUT2D eigenvalue weighted by atomic mass is 35.5. The van der Waals surface area contributed by atoms with Gasteiger partial charge in [-0.05, 0) is 77.4 Å². The average Bonchev–Trinajstić information content (AvgIpc) is 2.86. The van der Waals surface area contributed by atoms with Crippen molar-refractivity contribution in [1.29, 1.82) is 0 Å². The second kappa shape index (κ2) is 11.7. The van der Waals surface area contributed by atoms with Gasteiger partial charge in [-0.25, -0.2) is 0 Å². The summed E-state index contributed by atoms with van der Waals surface area (Å²) >= 11 is 24.3. The van der Waals surface area contributed by atoms with Gasteiger partial charge in [0.25, 0.3) is 5.91 Å². The molecule has 0 saturated carbocycles. The van der Waals surface area contributed by atoms with Gasteiger partial charge in [-0.3, -0.25) is 9.79 Å². The number of nitrogens with one attached hydrogen (secondary N) is 1. The zero-order chi connectivity index (χ0) is 24.8. The number of rotatable bonds is 7. The molecule has 7 heteroatoms. The fourth-order valence-corrected chi connectivity index (χ4v) is 4.08. The van der Waals surface area contributed by atoms with E-state index < -0.39 is 12.1 Å². The van der Waals surface area contributed by atoms with E-state index in [1.807, 2.05) is 48.5 Å². The number of carbonyl (C=O) groups excluding carboxylic acids is 1. The van der Waals surface area contributed by atoms with Gasteiger partial charge in [-0.2, -0.15) is 0 Å². The molecule has 1 amide bonds. The maximum Gasteiger partial charge on any atom is 0.251 e. The van der Waals surface area contributed by atoms with Crippen LogP contribution >= 0.6 is 46.4 Å². The Labute approximate surface area is 224 Å². The molecule has 4 rings (SSSR count). The second-order valence-corrected chi connectivity index (χ2v) is 9.58. The van der Waals surface area contributed by atoms with Crippen molar-refractivity contribution in [1.82, 2.24) is 5.32 Å². The van der Waals surface area contributed by atoms with Crippen LogP contribution in [0, 0.1) is 0 Å². The van der Waals surface area contributed by atoms with Gasteiger partial charge in [0.1, 0.15) is 0 Å². The average molecular weight is 542 g/mol. The highest BCUT2D eigenvalue weighted by molar-refractivity contribution is 6.31. The lowest BCUT2D eigenvalue weighted by molar-refractivity contribution is 0.0930. The molecule has 2 atom stereocenters. The van der Waals surface area contributed by atoms with E-state index in [-0.39, 0.29) is 5.91 Å². The van der Waals surface area contributed by atoms with E-state index in [2.05, 4.69) is 5.32 Å². The fraction of sp³-hybridized carbons (Fsp3) is 0.0714. The van der Waals surface area contributed by atoms with Crippen molar-refractivity contribution in [2.24, 2.45) is 4.99 Å². The topological polar surface area (TPSA) is 41.5 Å². The highest BCUT2D eigenvalue weighted by Crippen LogP contribution is 2.34. The quantitative estimate of drug-likeness (QED) is 0.234. The smallest absolute Gasteiger partial charge is 0.251 e. The molecule has 0 saturated heterocycles. The Kier molecular flexibility index (Phi) is 8.48. The van der Waals surface area contributed by atoms with Crippen molar-refractivity contribution in [3.05, 3.63) is 139 Å². The molecule has 2 unspecified atom stereocenters. The number of nitrogens with zero attached hydrogens (tertiary/aromatic N) is 1. The molecule has 0 aromatic heterocycles. The van der Waals surface area contributed by atoms with Crippen LogP contribution in [0.25, 0.3) is 0 Å². The first-order valence-electron chi connectivity index (χ1n) is 10.7. The molecule has 0 aliphatic rings. The first kappa shape index (κ1) is 25.3. The van der Waals surface area contributed by atoms with Crippen molar-refractivity contribution in [3.8, 4) is 0 Å². The van der Waals surface area contributed by atoms with Gasteiger partial charge in [-0.15, -0.1) is 0 Å². The van der Waals surface area contributed by atoms with Crippen molar-refractivity contribution >= 4 is 58.5 Å². The van der Waals surface area contributed by atoms with Crippen LogP contribution in [0.2, 0.25) is 20.1 Å². The van der Waals surface area contributed by atoms with Gasteiger partial charge in [0.05, 0.1) is 12.1 Å². The first-order valence-corrected chi connectivity index (χ1v) is 12.3. The molecule has 0 radical (unpaired) electrons. The molecule has 4 aromatic carbocycles. The maximum absolute atomic E-state index is 13.2. The summed E-state index contributed by atoms with van der Waals surface area (Å²) in [5, 5.41) is 5.57. The minimum atomic E-state index is -0.500. The minimum Gasteiger partial charge on any atom is -0.343 e. The predicted octanol–water partition coefficient (Wildman–Crippen LogP) is 8.63. The van der Waals surface area contributed by atoms with Crippen LogP contribution in [0.1, 0.15) is 39.1 Å². The van der Waals surface area contributed by atoms with Crippen LogP contribution in [-0.4, -0.2) is 12.1 Å². The van der Waals surface area contributed by atoms with Crippen molar-refractivity contribution in [2.75, 3.05) is 0 Å². The van der Waals surface area contributed by atoms with Gasteiger partial charge < -0.3 is 5.32 Å². The Bertz CT molecular complexity index is 1300. The maximum atomic E-state index is 13.2. The summed E-state index contributed by atoms with van der Waals surface area (Å²) in [5.74, 6) is -0.248. The van der Waals surface area contributed by atoms with E-state index in [1.165, 1.54) is 0 Å². The van der Waals surface area contributed by atoms with Gasteiger partial charge in [0.2, 0.25) is 0 Å². The summed E-state index contributed by atoms with van der Waals surface area (Å²) in [6.07, 6.45) is 1.77. The monoisotopic (exact) mass is 540 g/mol. The third-order valence-electron chi connectivity index (χ3n) is 5.40. The van der Waals surface area contributed by atoms with E-state index in [1.54, 1.807) is 54.7 Å². The number of hydrogen-bond acceptors (Lipinski definition) is 2. The largest absolute Gasteiger partial charge is 0.343 e. The van der Waals surface area contributed by atoms with Crippen LogP contribution in [0.5, 0.6) is 0 Å². The molecule has 0 aliphatic heterocycles. The second-order valence-electron chi connectivity index (χ2n) is 7.84. The van der Waals surface area contributed by atoms with E-state index in [0.29, 0.717) is 25.7 Å². The molecule has 1 N–H and O–H groups in total. The summed E-state index contributed by atoms with van der Waals surface area (Å²) in [5.41, 5.74) is 3.11. The predicted molar refractivity (Wildman–Crippen MR) is 146 cm³/mol. The number of carbonyl (C=O) groups is 1. The third-order valence-corrected chi connectivity index (χ3v) is 6.41. The molecule has 0 heterocycles. The number of hydrogen-bond donors (Lipinski definition) is 1. The van der Waals surface area contributed by atoms with E-state index in [4.69, 9.17) is 51.4 Å². The zero-order valence-corrected chi connectivity index (χ0v) is 21.4. The van der Waals surface area contributed by atoms with Crippen molar-refractivity contribution in [2.45, 2.75) is 12.1 Å². The fourth-order valence-electron chi connectivity index (χ4n) is 3.58. The molecular weight excluding hydrogens is 522 g/mol. The normalized spacial score (nSPS) is 12.9. The molecule has 3 nitrogen and oxygen atoms in total. The Morgan fingerprint density at radius 3 is 1.57 bits per heavy atom. The highest BCUT2D eigenvalue weighted by Gasteiger charge is 2.26. The van der Waals surface area contributed by atoms with Crippen LogP contribution in [-0.2, 0) is 0 Å². The SMILES string of the molecule is O=C(NC(c1ccc(Cl)cc1)C(N=Cc1ccc(Cl)cc1)c1ccc(Cl)cc1)c1ccc(Cl)cc1. The van der Waals surface area contributed by atoms with Crippen molar-refractivity contribution in [3.63, 3.8) is 0 Å². The molecule has 4 aromatic rings. The number of aliphatic imine (C=N–C) groups is 1. The molecule has 0 fully saturated rings. The molecule has 0 aliphatic carbocycles. The summed E-state index contributed by atoms with van der Waals surface area (Å²) in [7, 11) is 0. The van der Waals surface area contributed by atoms with Crippen LogP contribution in [0.4, 0.5) is 0 Å². The standard InChI is InChI=1S/C28H20Cl4N2O/c29-22-9-1-18(2-10-22)17-33-26(19-3-11-23(30)12-4-19)27(20-5-13-24(31)14-6-20)34-28(35)21-7-15-25(32)16-8-21/h1-17,26-27H,(H,34,35). The third kappa shape index (κ3) is 6.87. The Hall–Kier alpha value is -2.82. The lowest BCUT2D eigenvalue weighted by Crippen LogP contribution is -2.32. The van der Waals surface area contributed by atoms with E-state index >= 15 is 0 Å². The van der Waals surface area contributed by atoms with E-state index in [9.17, 15) is 4.79 Å². The Balaban J connectivity index is 1.76. The van der Waals surface area contributed by atoms with Crippen LogP contribution in [0.3, 0.4) is 0 Å².